The Morgan fingerprint density at radius 3 is 2.21 bits per heavy atom. The fourth-order valence-electron chi connectivity index (χ4n) is 1.06. The van der Waals surface area contributed by atoms with Crippen molar-refractivity contribution in [2.75, 3.05) is 0 Å². The average molecular weight is 187 g/mol. The Morgan fingerprint density at radius 2 is 1.57 bits per heavy atom. The summed E-state index contributed by atoms with van der Waals surface area (Å²) >= 11 is 0. The summed E-state index contributed by atoms with van der Waals surface area (Å²) in [5.74, 6) is 0.733. The number of rotatable bonds is 2. The molecule has 0 amide bonds. The molecule has 0 aliphatic rings. The fraction of sp³-hybridized carbons (Fsp3) is 0. The van der Waals surface area contributed by atoms with Gasteiger partial charge in [-0.25, -0.2) is 0 Å². The lowest BCUT2D eigenvalue weighted by atomic mass is 10.3. The third-order valence-corrected chi connectivity index (χ3v) is 1.73. The van der Waals surface area contributed by atoms with Gasteiger partial charge in [0.25, 0.3) is 0 Å². The summed E-state index contributed by atoms with van der Waals surface area (Å²) in [6.45, 7) is 0. The Morgan fingerprint density at radius 1 is 0.929 bits per heavy atom. The van der Waals surface area contributed by atoms with Crippen molar-refractivity contribution in [1.82, 2.24) is 4.73 Å². The Bertz CT molecular complexity index is 442. The first-order valence-corrected chi connectivity index (χ1v) is 4.26. The normalized spacial score (nSPS) is 9.71. The third-order valence-electron chi connectivity index (χ3n) is 1.73. The van der Waals surface area contributed by atoms with E-state index in [2.05, 4.69) is 0 Å². The summed E-state index contributed by atoms with van der Waals surface area (Å²) < 4.78 is 1.48. The fourth-order valence-corrected chi connectivity index (χ4v) is 1.06. The molecule has 0 fully saturated rings. The van der Waals surface area contributed by atoms with Gasteiger partial charge in [-0.15, -0.1) is 0 Å². The zero-order valence-electron chi connectivity index (χ0n) is 7.46. The van der Waals surface area contributed by atoms with Crippen LogP contribution < -0.4 is 10.3 Å². The molecule has 0 radical (unpaired) electrons. The molecule has 0 unspecified atom stereocenters. The lowest BCUT2D eigenvalue weighted by Crippen LogP contribution is -2.08. The number of hydrogen-bond acceptors (Lipinski definition) is 2. The number of para-hydroxylation sites is 1. The highest BCUT2D eigenvalue weighted by Gasteiger charge is 1.91. The minimum absolute atomic E-state index is 0.0297. The maximum atomic E-state index is 10.8. The minimum Gasteiger partial charge on any atom is -0.376 e. The van der Waals surface area contributed by atoms with Crippen LogP contribution in [0.15, 0.2) is 59.7 Å². The molecule has 0 atom stereocenters. The van der Waals surface area contributed by atoms with Gasteiger partial charge < -0.3 is 4.84 Å². The first-order chi connectivity index (χ1) is 6.84. The van der Waals surface area contributed by atoms with Gasteiger partial charge in [0.1, 0.15) is 0 Å². The van der Waals surface area contributed by atoms with Crippen molar-refractivity contribution >= 4 is 0 Å². The quantitative estimate of drug-likeness (QED) is 0.716. The van der Waals surface area contributed by atoms with Crippen LogP contribution in [0, 0.1) is 0 Å². The zero-order chi connectivity index (χ0) is 9.80. The van der Waals surface area contributed by atoms with Gasteiger partial charge in [-0.1, -0.05) is 18.2 Å². The van der Waals surface area contributed by atoms with Crippen LogP contribution in [0.1, 0.15) is 0 Å². The van der Waals surface area contributed by atoms with Crippen LogP contribution in [0.25, 0.3) is 0 Å². The molecular weight excluding hydrogens is 178 g/mol. The third kappa shape index (κ3) is 2.01. The molecule has 0 saturated heterocycles. The molecule has 0 bridgehead atoms. The molecular formula is C11H9NO2. The van der Waals surface area contributed by atoms with Crippen molar-refractivity contribution in [1.29, 1.82) is 0 Å². The maximum Gasteiger partial charge on any atom is 0.181 e. The summed E-state index contributed by atoms with van der Waals surface area (Å²) in [5.41, 5.74) is -0.0297. The Balaban J connectivity index is 2.19. The molecule has 1 aromatic heterocycles. The molecule has 0 aliphatic carbocycles. The molecule has 0 saturated carbocycles. The predicted molar refractivity (Wildman–Crippen MR) is 53.2 cm³/mol. The molecule has 0 aliphatic heterocycles. The number of nitrogens with zero attached hydrogens (tertiary/aromatic N) is 1. The van der Waals surface area contributed by atoms with Crippen LogP contribution in [-0.4, -0.2) is 4.73 Å². The Kier molecular flexibility index (Phi) is 2.32. The molecule has 2 aromatic rings. The average Bonchev–Trinajstić information content (AvgIpc) is 2.23. The number of hydrogen-bond donors (Lipinski definition) is 0. The van der Waals surface area contributed by atoms with Crippen molar-refractivity contribution in [2.45, 2.75) is 0 Å². The minimum atomic E-state index is -0.0297. The standard InChI is InChI=1S/C11H9NO2/c13-10-6-8-12(9-7-10)14-11-4-2-1-3-5-11/h1-9H. The molecule has 70 valence electrons. The van der Waals surface area contributed by atoms with Crippen LogP contribution in [-0.2, 0) is 0 Å². The summed E-state index contributed by atoms with van der Waals surface area (Å²) in [6, 6.07) is 12.3. The molecule has 3 heteroatoms. The highest BCUT2D eigenvalue weighted by Crippen LogP contribution is 2.08. The van der Waals surface area contributed by atoms with E-state index in [9.17, 15) is 4.79 Å². The van der Waals surface area contributed by atoms with Crippen molar-refractivity contribution < 1.29 is 4.84 Å². The molecule has 14 heavy (non-hydrogen) atoms. The van der Waals surface area contributed by atoms with E-state index in [0.29, 0.717) is 0 Å². The van der Waals surface area contributed by atoms with Gasteiger partial charge >= 0.3 is 0 Å². The van der Waals surface area contributed by atoms with Gasteiger partial charge in [-0.3, -0.25) is 4.79 Å². The zero-order valence-corrected chi connectivity index (χ0v) is 7.46. The smallest absolute Gasteiger partial charge is 0.181 e. The van der Waals surface area contributed by atoms with Crippen LogP contribution in [0.3, 0.4) is 0 Å². The molecule has 1 aromatic carbocycles. The SMILES string of the molecule is O=c1ccn(Oc2ccccc2)cc1. The predicted octanol–water partition coefficient (Wildman–Crippen LogP) is 1.69. The molecule has 0 spiro atoms. The van der Waals surface area contributed by atoms with E-state index in [1.54, 1.807) is 12.4 Å². The summed E-state index contributed by atoms with van der Waals surface area (Å²) in [6.07, 6.45) is 3.16. The Labute approximate surface area is 81.1 Å². The van der Waals surface area contributed by atoms with E-state index in [1.165, 1.54) is 16.9 Å². The Hall–Kier alpha value is -2.03. The van der Waals surface area contributed by atoms with Crippen molar-refractivity contribution in [3.63, 3.8) is 0 Å². The molecule has 0 N–H and O–H groups in total. The molecule has 2 rings (SSSR count). The van der Waals surface area contributed by atoms with E-state index in [0.717, 1.165) is 5.75 Å². The highest BCUT2D eigenvalue weighted by molar-refractivity contribution is 5.20. The maximum absolute atomic E-state index is 10.8. The summed E-state index contributed by atoms with van der Waals surface area (Å²) in [7, 11) is 0. The lowest BCUT2D eigenvalue weighted by molar-refractivity contribution is 0.213. The van der Waals surface area contributed by atoms with Gasteiger partial charge in [0.2, 0.25) is 0 Å². The van der Waals surface area contributed by atoms with Crippen molar-refractivity contribution in [3.05, 3.63) is 65.1 Å². The molecule has 1 heterocycles. The largest absolute Gasteiger partial charge is 0.376 e. The molecule has 3 nitrogen and oxygen atoms in total. The van der Waals surface area contributed by atoms with Crippen LogP contribution in [0.4, 0.5) is 0 Å². The van der Waals surface area contributed by atoms with Gasteiger partial charge in [-0.2, -0.15) is 4.73 Å². The second-order valence-electron chi connectivity index (χ2n) is 2.80. The van der Waals surface area contributed by atoms with Gasteiger partial charge in [0, 0.05) is 24.5 Å². The van der Waals surface area contributed by atoms with E-state index in [-0.39, 0.29) is 5.43 Å². The van der Waals surface area contributed by atoms with E-state index in [4.69, 9.17) is 4.84 Å². The summed E-state index contributed by atoms with van der Waals surface area (Å²) in [5, 5.41) is 0. The van der Waals surface area contributed by atoms with Gasteiger partial charge in [0.15, 0.2) is 11.2 Å². The van der Waals surface area contributed by atoms with Crippen molar-refractivity contribution in [2.24, 2.45) is 0 Å². The highest BCUT2D eigenvalue weighted by atomic mass is 16.7. The first-order valence-electron chi connectivity index (χ1n) is 4.26. The lowest BCUT2D eigenvalue weighted by Gasteiger charge is -2.06. The van der Waals surface area contributed by atoms with Crippen molar-refractivity contribution in [3.8, 4) is 5.75 Å². The summed E-state index contributed by atoms with van der Waals surface area (Å²) in [4.78, 5) is 16.2. The second kappa shape index (κ2) is 3.79. The second-order valence-corrected chi connectivity index (χ2v) is 2.80. The monoisotopic (exact) mass is 187 g/mol. The number of aromatic nitrogens is 1. The van der Waals surface area contributed by atoms with Crippen LogP contribution >= 0.6 is 0 Å². The first kappa shape index (κ1) is 8.56. The van der Waals surface area contributed by atoms with Gasteiger partial charge in [-0.05, 0) is 12.1 Å². The topological polar surface area (TPSA) is 31.2 Å². The van der Waals surface area contributed by atoms with E-state index >= 15 is 0 Å². The number of pyridine rings is 1. The van der Waals surface area contributed by atoms with Crippen LogP contribution in [0.5, 0.6) is 5.75 Å². The number of benzene rings is 1. The van der Waals surface area contributed by atoms with Crippen LogP contribution in [0.2, 0.25) is 0 Å². The van der Waals surface area contributed by atoms with Gasteiger partial charge in [0.05, 0.1) is 0 Å². The van der Waals surface area contributed by atoms with E-state index in [1.807, 2.05) is 30.3 Å². The van der Waals surface area contributed by atoms with E-state index < -0.39 is 0 Å².